The number of carbonyl (C=O) groups is 1. The number of unbranched alkanes of at least 4 members (excludes halogenated alkanes) is 3. The minimum absolute atomic E-state index is 0.0704. The molecule has 1 aromatic heterocycles. The summed E-state index contributed by atoms with van der Waals surface area (Å²) in [6.07, 6.45) is 6.74. The highest BCUT2D eigenvalue weighted by molar-refractivity contribution is 6.30. The molecule has 0 aliphatic heterocycles. The van der Waals surface area contributed by atoms with Crippen molar-refractivity contribution in [1.82, 2.24) is 0 Å². The summed E-state index contributed by atoms with van der Waals surface area (Å²) in [5.41, 5.74) is 6.79. The van der Waals surface area contributed by atoms with Gasteiger partial charge in [-0.3, -0.25) is 14.3 Å². The Morgan fingerprint density at radius 1 is 1.05 bits per heavy atom. The number of rotatable bonds is 21. The van der Waals surface area contributed by atoms with Crippen LogP contribution in [0, 0.1) is 11.5 Å². The van der Waals surface area contributed by atoms with Crippen LogP contribution in [-0.4, -0.2) is 65.7 Å². The molecule has 0 spiro atoms. The minimum atomic E-state index is -1.83. The van der Waals surface area contributed by atoms with Gasteiger partial charge in [0.05, 0.1) is 45.3 Å². The van der Waals surface area contributed by atoms with Crippen LogP contribution in [0.15, 0.2) is 53.8 Å². The van der Waals surface area contributed by atoms with E-state index < -0.39 is 6.10 Å². The predicted octanol–water partition coefficient (Wildman–Crippen LogP) is 3.33. The molecule has 0 saturated carbocycles. The van der Waals surface area contributed by atoms with E-state index in [1.165, 1.54) is 4.57 Å². The fraction of sp³-hybridized carbons (Fsp3) is 0.500. The third-order valence-corrected chi connectivity index (χ3v) is 5.96. The van der Waals surface area contributed by atoms with Gasteiger partial charge in [-0.25, -0.2) is 0 Å². The zero-order chi connectivity index (χ0) is 29.8. The lowest BCUT2D eigenvalue weighted by molar-refractivity contribution is -0.901. The van der Waals surface area contributed by atoms with Crippen LogP contribution in [-0.2, 0) is 34.6 Å². The second kappa shape index (κ2) is 19.6. The summed E-state index contributed by atoms with van der Waals surface area (Å²) in [5, 5.41) is 9.73. The molecule has 2 rings (SSSR count). The molecule has 0 bridgehead atoms. The van der Waals surface area contributed by atoms with Gasteiger partial charge in [0, 0.05) is 30.8 Å². The van der Waals surface area contributed by atoms with E-state index in [1.807, 2.05) is 12.1 Å². The summed E-state index contributed by atoms with van der Waals surface area (Å²) in [4.78, 5) is 16.8. The molecule has 12 nitrogen and oxygen atoms in total. The topological polar surface area (TPSA) is 142 Å². The van der Waals surface area contributed by atoms with Crippen molar-refractivity contribution in [1.29, 1.82) is 5.26 Å². The first-order chi connectivity index (χ1) is 20.0. The number of nitrogens with zero attached hydrogens (tertiary/aromatic N) is 4. The number of hydrogen-bond acceptors (Lipinski definition) is 9. The second-order valence-corrected chi connectivity index (χ2v) is 8.96. The van der Waals surface area contributed by atoms with E-state index in [2.05, 4.69) is 4.99 Å². The summed E-state index contributed by atoms with van der Waals surface area (Å²) in [7, 11) is 1.58. The van der Waals surface area contributed by atoms with Crippen LogP contribution in [0.4, 0.5) is 5.69 Å². The predicted molar refractivity (Wildman–Crippen MR) is 152 cm³/mol. The van der Waals surface area contributed by atoms with Crippen LogP contribution >= 0.6 is 11.6 Å². The number of pyridine rings is 1. The number of ether oxygens (including phenoxy) is 6. The van der Waals surface area contributed by atoms with E-state index >= 15 is 0 Å². The lowest BCUT2D eigenvalue weighted by atomic mass is 10.2. The largest absolute Gasteiger partial charge is 0.573 e. The Hall–Kier alpha value is -3.47. The second-order valence-electron chi connectivity index (χ2n) is 8.53. The maximum atomic E-state index is 11.3. The number of carbonyl (C=O) groups excluding carboxylic acids is 1. The maximum Gasteiger partial charge on any atom is 0.573 e. The third-order valence-electron chi connectivity index (χ3n) is 5.71. The van der Waals surface area contributed by atoms with E-state index in [1.54, 1.807) is 61.8 Å². The molecule has 1 aromatic carbocycles. The molecule has 0 fully saturated rings. The van der Waals surface area contributed by atoms with Crippen LogP contribution in [0.1, 0.15) is 32.6 Å². The molecule has 1 unspecified atom stereocenters. The fourth-order valence-corrected chi connectivity index (χ4v) is 3.88. The molecule has 41 heavy (non-hydrogen) atoms. The standard InChI is InChI=1S/C28H39ClN5O7/c1-3-39-28(41-23-35,40-21-20-37-19-18-36-2)33-15-12-25(13-16-33)34(27(31)32-22-30)14-6-4-5-7-17-38-26-10-8-24(29)9-11-26/h8-13,15-16,23H,3-7,14,17-21H2,1-2H3,(H2,31,32)/q+1. The van der Waals surface area contributed by atoms with Crippen molar-refractivity contribution in [2.75, 3.05) is 58.2 Å². The molecule has 224 valence electrons. The molecule has 0 aliphatic carbocycles. The SMILES string of the molecule is CCOC(OC=O)(OCCOCCOC)[n+]1ccc(N(CCCCCCOc2ccc(Cl)cc2)C(N)=NC#N)cc1. The van der Waals surface area contributed by atoms with Crippen molar-refractivity contribution in [2.24, 2.45) is 10.7 Å². The molecule has 13 heteroatoms. The molecule has 2 N–H and O–H groups in total. The smallest absolute Gasteiger partial charge is 0.494 e. The fourth-order valence-electron chi connectivity index (χ4n) is 3.75. The first kappa shape index (κ1) is 33.7. The van der Waals surface area contributed by atoms with E-state index in [-0.39, 0.29) is 32.3 Å². The first-order valence-electron chi connectivity index (χ1n) is 13.4. The van der Waals surface area contributed by atoms with Crippen LogP contribution in [0.2, 0.25) is 5.02 Å². The minimum Gasteiger partial charge on any atom is -0.494 e. The molecule has 2 aromatic rings. The van der Waals surface area contributed by atoms with Crippen molar-refractivity contribution in [3.05, 3.63) is 53.8 Å². The molecular weight excluding hydrogens is 554 g/mol. The van der Waals surface area contributed by atoms with Gasteiger partial charge in [0.25, 0.3) is 0 Å². The van der Waals surface area contributed by atoms with Crippen LogP contribution in [0.3, 0.4) is 0 Å². The molecular formula is C28H39ClN5O7+. The van der Waals surface area contributed by atoms with Gasteiger partial charge < -0.3 is 29.6 Å². The Labute approximate surface area is 246 Å². The van der Waals surface area contributed by atoms with Crippen LogP contribution in [0.25, 0.3) is 0 Å². The Morgan fingerprint density at radius 3 is 2.41 bits per heavy atom. The zero-order valence-corrected chi connectivity index (χ0v) is 24.3. The number of anilines is 1. The average Bonchev–Trinajstić information content (AvgIpc) is 2.97. The monoisotopic (exact) mass is 592 g/mol. The molecule has 0 aliphatic rings. The number of aromatic nitrogens is 1. The van der Waals surface area contributed by atoms with Gasteiger partial charge in [-0.05, 0) is 44.0 Å². The molecule has 1 atom stereocenters. The number of halogens is 1. The lowest BCUT2D eigenvalue weighted by Crippen LogP contribution is -2.61. The number of hydrogen-bond donors (Lipinski definition) is 1. The van der Waals surface area contributed by atoms with Crippen molar-refractivity contribution >= 4 is 29.7 Å². The van der Waals surface area contributed by atoms with Crippen molar-refractivity contribution < 1.29 is 37.8 Å². The first-order valence-corrected chi connectivity index (χ1v) is 13.7. The summed E-state index contributed by atoms with van der Waals surface area (Å²) < 4.78 is 34.3. The van der Waals surface area contributed by atoms with Crippen molar-refractivity contribution in [3.63, 3.8) is 0 Å². The van der Waals surface area contributed by atoms with E-state index in [0.717, 1.165) is 31.4 Å². The molecule has 1 heterocycles. The third kappa shape index (κ3) is 11.9. The van der Waals surface area contributed by atoms with Gasteiger partial charge in [0.1, 0.15) is 5.75 Å². The molecule has 0 saturated heterocycles. The summed E-state index contributed by atoms with van der Waals surface area (Å²) in [6, 6.07) is 10.7. The number of benzene rings is 1. The summed E-state index contributed by atoms with van der Waals surface area (Å²) in [6.45, 7) is 4.52. The highest BCUT2D eigenvalue weighted by Crippen LogP contribution is 2.19. The van der Waals surface area contributed by atoms with Gasteiger partial charge in [-0.2, -0.15) is 5.26 Å². The number of methoxy groups -OCH3 is 1. The van der Waals surface area contributed by atoms with Gasteiger partial charge in [0.2, 0.25) is 12.2 Å². The summed E-state index contributed by atoms with van der Waals surface area (Å²) >= 11 is 5.90. The average molecular weight is 593 g/mol. The number of aliphatic imine (C=N–C) groups is 1. The number of nitrogens with two attached hydrogens (primary N) is 1. The Balaban J connectivity index is 1.99. The van der Waals surface area contributed by atoms with Crippen molar-refractivity contribution in [3.8, 4) is 11.9 Å². The van der Waals surface area contributed by atoms with Gasteiger partial charge in [-0.1, -0.05) is 24.4 Å². The molecule has 0 amide bonds. The van der Waals surface area contributed by atoms with Crippen LogP contribution in [0.5, 0.6) is 5.75 Å². The van der Waals surface area contributed by atoms with Crippen molar-refractivity contribution in [2.45, 2.75) is 38.7 Å². The number of guanidine groups is 1. The normalized spacial score (nSPS) is 12.8. The quantitative estimate of drug-likeness (QED) is 0.0436. The Kier molecular flexibility index (Phi) is 16.1. The highest BCUT2D eigenvalue weighted by Gasteiger charge is 2.47. The van der Waals surface area contributed by atoms with Gasteiger partial charge >= 0.3 is 12.6 Å². The van der Waals surface area contributed by atoms with E-state index in [4.69, 9.17) is 51.0 Å². The Morgan fingerprint density at radius 2 is 1.76 bits per heavy atom. The van der Waals surface area contributed by atoms with Gasteiger partial charge in [-0.15, -0.1) is 9.56 Å². The van der Waals surface area contributed by atoms with Gasteiger partial charge in [0.15, 0.2) is 12.4 Å². The van der Waals surface area contributed by atoms with E-state index in [9.17, 15) is 4.79 Å². The summed E-state index contributed by atoms with van der Waals surface area (Å²) in [5.74, 6) is 0.857. The van der Waals surface area contributed by atoms with Crippen LogP contribution < -0.4 is 19.9 Å². The Bertz CT molecular complexity index is 1080. The molecule has 0 radical (unpaired) electrons. The number of nitriles is 1. The lowest BCUT2D eigenvalue weighted by Gasteiger charge is -2.25. The van der Waals surface area contributed by atoms with E-state index in [0.29, 0.717) is 37.1 Å². The highest BCUT2D eigenvalue weighted by atomic mass is 35.5. The maximum absolute atomic E-state index is 11.3. The zero-order valence-electron chi connectivity index (χ0n) is 23.6.